The highest BCUT2D eigenvalue weighted by molar-refractivity contribution is 5.84. The first-order valence-corrected chi connectivity index (χ1v) is 7.08. The van der Waals surface area contributed by atoms with Crippen LogP contribution in [0, 0.1) is 0 Å². The molecule has 1 amide bonds. The molecule has 1 N–H and O–H groups in total. The minimum Gasteiger partial charge on any atom is -0.273 e. The summed E-state index contributed by atoms with van der Waals surface area (Å²) < 4.78 is 0. The van der Waals surface area contributed by atoms with Gasteiger partial charge in [0.2, 0.25) is 5.91 Å². The summed E-state index contributed by atoms with van der Waals surface area (Å²) in [6.45, 7) is 4.14. The van der Waals surface area contributed by atoms with Gasteiger partial charge in [-0.15, -0.1) is 0 Å². The highest BCUT2D eigenvalue weighted by Crippen LogP contribution is 2.02. The highest BCUT2D eigenvalue weighted by atomic mass is 16.2. The van der Waals surface area contributed by atoms with Crippen LogP contribution >= 0.6 is 0 Å². The smallest absolute Gasteiger partial charge is 0.240 e. The molecule has 3 heteroatoms. The third-order valence-electron chi connectivity index (χ3n) is 3.00. The fourth-order valence-corrected chi connectivity index (χ4v) is 1.80. The molecular formula is C16H24N2O. The summed E-state index contributed by atoms with van der Waals surface area (Å²) in [5, 5.41) is 4.13. The molecule has 0 aromatic heterocycles. The molecule has 0 aliphatic rings. The molecule has 104 valence electrons. The monoisotopic (exact) mass is 260 g/mol. The Morgan fingerprint density at radius 1 is 1.16 bits per heavy atom. The predicted octanol–water partition coefficient (Wildman–Crippen LogP) is 3.69. The Labute approximate surface area is 116 Å². The van der Waals surface area contributed by atoms with Crippen molar-refractivity contribution in [2.24, 2.45) is 5.10 Å². The van der Waals surface area contributed by atoms with Gasteiger partial charge in [-0.2, -0.15) is 5.10 Å². The van der Waals surface area contributed by atoms with Crippen LogP contribution in [0.4, 0.5) is 0 Å². The van der Waals surface area contributed by atoms with Crippen LogP contribution in [0.5, 0.6) is 0 Å². The van der Waals surface area contributed by atoms with Gasteiger partial charge in [0, 0.05) is 12.1 Å². The molecule has 0 aliphatic heterocycles. The number of nitrogens with zero attached hydrogens (tertiary/aromatic N) is 1. The Hall–Kier alpha value is -1.64. The van der Waals surface area contributed by atoms with Crippen molar-refractivity contribution in [3.63, 3.8) is 0 Å². The molecule has 0 radical (unpaired) electrons. The lowest BCUT2D eigenvalue weighted by molar-refractivity contribution is -0.121. The minimum atomic E-state index is -0.0151. The van der Waals surface area contributed by atoms with E-state index < -0.39 is 0 Å². The van der Waals surface area contributed by atoms with Crippen LogP contribution in [0.3, 0.4) is 0 Å². The van der Waals surface area contributed by atoms with Crippen LogP contribution in [0.1, 0.15) is 51.5 Å². The molecule has 0 aliphatic carbocycles. The molecule has 0 unspecified atom stereocenters. The van der Waals surface area contributed by atoms with Gasteiger partial charge in [-0.1, -0.05) is 50.1 Å². The quantitative estimate of drug-likeness (QED) is 0.432. The van der Waals surface area contributed by atoms with Crippen LogP contribution < -0.4 is 5.43 Å². The molecule has 0 saturated heterocycles. The Balaban J connectivity index is 2.22. The summed E-state index contributed by atoms with van der Waals surface area (Å²) in [5.74, 6) is -0.0151. The van der Waals surface area contributed by atoms with Crippen molar-refractivity contribution in [1.29, 1.82) is 0 Å². The summed E-state index contributed by atoms with van der Waals surface area (Å²) in [6.07, 6.45) is 5.77. The van der Waals surface area contributed by atoms with Gasteiger partial charge in [0.15, 0.2) is 0 Å². The van der Waals surface area contributed by atoms with Crippen LogP contribution in [-0.4, -0.2) is 11.6 Å². The molecule has 0 spiro atoms. The zero-order valence-electron chi connectivity index (χ0n) is 12.0. The molecule has 1 aromatic carbocycles. The third kappa shape index (κ3) is 7.39. The maximum absolute atomic E-state index is 11.6. The number of benzene rings is 1. The van der Waals surface area contributed by atoms with Crippen LogP contribution in [0.15, 0.2) is 35.4 Å². The number of carbonyl (C=O) groups is 1. The minimum absolute atomic E-state index is 0.0151. The van der Waals surface area contributed by atoms with Crippen molar-refractivity contribution in [3.05, 3.63) is 35.9 Å². The van der Waals surface area contributed by atoms with E-state index in [1.165, 1.54) is 18.4 Å². The molecule has 0 saturated carbocycles. The molecule has 19 heavy (non-hydrogen) atoms. The summed E-state index contributed by atoms with van der Waals surface area (Å²) in [6, 6.07) is 10.0. The van der Waals surface area contributed by atoms with Crippen molar-refractivity contribution >= 4 is 11.6 Å². The number of amides is 1. The number of aryl methyl sites for hydroxylation is 1. The van der Waals surface area contributed by atoms with E-state index in [9.17, 15) is 4.79 Å². The van der Waals surface area contributed by atoms with Gasteiger partial charge >= 0.3 is 0 Å². The van der Waals surface area contributed by atoms with Gasteiger partial charge in [-0.3, -0.25) is 4.79 Å². The van der Waals surface area contributed by atoms with E-state index in [2.05, 4.69) is 17.5 Å². The van der Waals surface area contributed by atoms with Crippen LogP contribution in [0.25, 0.3) is 0 Å². The number of carbonyl (C=O) groups excluding carboxylic acids is 1. The predicted molar refractivity (Wildman–Crippen MR) is 80.2 cm³/mol. The standard InChI is InChI=1S/C16H24N2O/c1-3-4-6-9-14(2)17-18-16(19)13-12-15-10-7-5-8-11-15/h5,7-8,10-11H,3-4,6,9,12-13H2,1-2H3,(H,18,19)/b17-14+. The molecular weight excluding hydrogens is 236 g/mol. The van der Waals surface area contributed by atoms with Gasteiger partial charge in [-0.25, -0.2) is 5.43 Å². The van der Waals surface area contributed by atoms with Gasteiger partial charge in [0.05, 0.1) is 0 Å². The number of hydrazone groups is 1. The van der Waals surface area contributed by atoms with E-state index >= 15 is 0 Å². The zero-order chi connectivity index (χ0) is 13.9. The molecule has 0 atom stereocenters. The van der Waals surface area contributed by atoms with Crippen molar-refractivity contribution in [3.8, 4) is 0 Å². The van der Waals surface area contributed by atoms with E-state index in [1.54, 1.807) is 0 Å². The molecule has 0 bridgehead atoms. The Kier molecular flexibility index (Phi) is 7.56. The fraction of sp³-hybridized carbons (Fsp3) is 0.500. The number of rotatable bonds is 8. The number of unbranched alkanes of at least 4 members (excludes halogenated alkanes) is 2. The Morgan fingerprint density at radius 3 is 2.58 bits per heavy atom. The average molecular weight is 260 g/mol. The molecule has 3 nitrogen and oxygen atoms in total. The Bertz CT molecular complexity index is 398. The van der Waals surface area contributed by atoms with E-state index in [0.717, 1.165) is 25.0 Å². The topological polar surface area (TPSA) is 41.5 Å². The molecule has 0 heterocycles. The first-order chi connectivity index (χ1) is 9.22. The zero-order valence-corrected chi connectivity index (χ0v) is 12.0. The average Bonchev–Trinajstić information content (AvgIpc) is 2.44. The summed E-state index contributed by atoms with van der Waals surface area (Å²) in [5.41, 5.74) is 4.81. The normalized spacial score (nSPS) is 11.4. The van der Waals surface area contributed by atoms with Crippen molar-refractivity contribution in [2.45, 2.75) is 52.4 Å². The summed E-state index contributed by atoms with van der Waals surface area (Å²) >= 11 is 0. The molecule has 1 rings (SSSR count). The lowest BCUT2D eigenvalue weighted by Gasteiger charge is -2.03. The van der Waals surface area contributed by atoms with Crippen molar-refractivity contribution < 1.29 is 4.79 Å². The number of hydrogen-bond acceptors (Lipinski definition) is 2. The van der Waals surface area contributed by atoms with E-state index in [4.69, 9.17) is 0 Å². The van der Waals surface area contributed by atoms with Crippen LogP contribution in [0.2, 0.25) is 0 Å². The Morgan fingerprint density at radius 2 is 1.89 bits per heavy atom. The lowest BCUT2D eigenvalue weighted by atomic mass is 10.1. The second-order valence-electron chi connectivity index (χ2n) is 4.82. The van der Waals surface area contributed by atoms with Gasteiger partial charge in [0.1, 0.15) is 0 Å². The number of hydrogen-bond donors (Lipinski definition) is 1. The van der Waals surface area contributed by atoms with Gasteiger partial charge in [0.25, 0.3) is 0 Å². The van der Waals surface area contributed by atoms with Crippen molar-refractivity contribution in [2.75, 3.05) is 0 Å². The maximum Gasteiger partial charge on any atom is 0.240 e. The van der Waals surface area contributed by atoms with Gasteiger partial charge < -0.3 is 0 Å². The molecule has 0 fully saturated rings. The highest BCUT2D eigenvalue weighted by Gasteiger charge is 2.01. The first-order valence-electron chi connectivity index (χ1n) is 7.08. The second-order valence-corrected chi connectivity index (χ2v) is 4.82. The SMILES string of the molecule is CCCCC/C(C)=N/NC(=O)CCc1ccccc1. The van der Waals surface area contributed by atoms with Gasteiger partial charge in [-0.05, 0) is 31.7 Å². The maximum atomic E-state index is 11.6. The van der Waals surface area contributed by atoms with E-state index in [-0.39, 0.29) is 5.91 Å². The van der Waals surface area contributed by atoms with E-state index in [1.807, 2.05) is 37.3 Å². The molecule has 1 aromatic rings. The number of nitrogens with one attached hydrogen (secondary N) is 1. The second kappa shape index (κ2) is 9.31. The summed E-state index contributed by atoms with van der Waals surface area (Å²) in [7, 11) is 0. The van der Waals surface area contributed by atoms with E-state index in [0.29, 0.717) is 6.42 Å². The lowest BCUT2D eigenvalue weighted by Crippen LogP contribution is -2.19. The summed E-state index contributed by atoms with van der Waals surface area (Å²) in [4.78, 5) is 11.6. The largest absolute Gasteiger partial charge is 0.273 e. The van der Waals surface area contributed by atoms with Crippen molar-refractivity contribution in [1.82, 2.24) is 5.43 Å². The fourth-order valence-electron chi connectivity index (χ4n) is 1.80. The third-order valence-corrected chi connectivity index (χ3v) is 3.00. The first kappa shape index (κ1) is 15.4. The van der Waals surface area contributed by atoms with Crippen LogP contribution in [-0.2, 0) is 11.2 Å².